The Labute approximate surface area is 119 Å². The van der Waals surface area contributed by atoms with Gasteiger partial charge in [0.1, 0.15) is 12.4 Å². The van der Waals surface area contributed by atoms with Crippen molar-refractivity contribution in [3.8, 4) is 5.75 Å². The van der Waals surface area contributed by atoms with E-state index in [1.54, 1.807) is 0 Å². The molecule has 0 heterocycles. The number of carbonyl (C=O) groups is 1. The Morgan fingerprint density at radius 1 is 1.10 bits per heavy atom. The number of carbonyl (C=O) groups excluding carboxylic acids is 1. The summed E-state index contributed by atoms with van der Waals surface area (Å²) in [5, 5.41) is 2.74. The molecular formula is C17H19NO2. The number of hydrogen-bond donors (Lipinski definition) is 1. The lowest BCUT2D eigenvalue weighted by atomic mass is 10.1. The maximum absolute atomic E-state index is 10.9. The molecule has 0 aliphatic heterocycles. The zero-order valence-electron chi connectivity index (χ0n) is 11.8. The van der Waals surface area contributed by atoms with Crippen molar-refractivity contribution in [3.63, 3.8) is 0 Å². The van der Waals surface area contributed by atoms with E-state index < -0.39 is 0 Å². The second-order valence-corrected chi connectivity index (χ2v) is 4.67. The highest BCUT2D eigenvalue weighted by atomic mass is 16.5. The van der Waals surface area contributed by atoms with Crippen molar-refractivity contribution in [1.29, 1.82) is 0 Å². The summed E-state index contributed by atoms with van der Waals surface area (Å²) in [6.45, 7) is 4.14. The second-order valence-electron chi connectivity index (χ2n) is 4.67. The molecular weight excluding hydrogens is 250 g/mol. The van der Waals surface area contributed by atoms with Crippen LogP contribution in [0.5, 0.6) is 5.75 Å². The molecule has 2 rings (SSSR count). The molecule has 0 saturated heterocycles. The average Bonchev–Trinajstić information content (AvgIpc) is 2.46. The third kappa shape index (κ3) is 4.12. The van der Waals surface area contributed by atoms with Crippen LogP contribution in [0.25, 0.3) is 0 Å². The van der Waals surface area contributed by atoms with Gasteiger partial charge in [-0.25, -0.2) is 0 Å². The number of rotatable bonds is 5. The van der Waals surface area contributed by atoms with Crippen molar-refractivity contribution in [2.75, 3.05) is 5.32 Å². The summed E-state index contributed by atoms with van der Waals surface area (Å²) >= 11 is 0. The first-order valence-electron chi connectivity index (χ1n) is 6.75. The fourth-order valence-corrected chi connectivity index (χ4v) is 1.91. The van der Waals surface area contributed by atoms with Crippen molar-refractivity contribution in [2.24, 2.45) is 0 Å². The quantitative estimate of drug-likeness (QED) is 0.897. The maximum Gasteiger partial charge on any atom is 0.221 e. The minimum absolute atomic E-state index is 0.0645. The lowest BCUT2D eigenvalue weighted by molar-refractivity contribution is -0.114. The van der Waals surface area contributed by atoms with Crippen LogP contribution in [-0.2, 0) is 17.8 Å². The van der Waals surface area contributed by atoms with E-state index in [2.05, 4.69) is 24.4 Å². The number of hydrogen-bond acceptors (Lipinski definition) is 2. The Morgan fingerprint density at radius 3 is 2.50 bits per heavy atom. The van der Waals surface area contributed by atoms with Gasteiger partial charge in [-0.3, -0.25) is 4.79 Å². The van der Waals surface area contributed by atoms with Crippen molar-refractivity contribution in [1.82, 2.24) is 0 Å². The van der Waals surface area contributed by atoms with Gasteiger partial charge in [0.25, 0.3) is 0 Å². The average molecular weight is 269 g/mol. The fourth-order valence-electron chi connectivity index (χ4n) is 1.91. The van der Waals surface area contributed by atoms with Gasteiger partial charge in [-0.15, -0.1) is 0 Å². The summed E-state index contributed by atoms with van der Waals surface area (Å²) in [6, 6.07) is 15.8. The molecule has 20 heavy (non-hydrogen) atoms. The van der Waals surface area contributed by atoms with E-state index in [4.69, 9.17) is 4.74 Å². The predicted molar refractivity (Wildman–Crippen MR) is 80.9 cm³/mol. The number of amides is 1. The van der Waals surface area contributed by atoms with Gasteiger partial charge in [0.05, 0.1) is 0 Å². The van der Waals surface area contributed by atoms with Crippen LogP contribution in [0, 0.1) is 0 Å². The summed E-state index contributed by atoms with van der Waals surface area (Å²) in [5.41, 5.74) is 3.14. The first kappa shape index (κ1) is 14.1. The Morgan fingerprint density at radius 2 is 1.85 bits per heavy atom. The summed E-state index contributed by atoms with van der Waals surface area (Å²) < 4.78 is 5.77. The van der Waals surface area contributed by atoms with E-state index in [9.17, 15) is 4.79 Å². The van der Waals surface area contributed by atoms with E-state index in [1.165, 1.54) is 12.5 Å². The smallest absolute Gasteiger partial charge is 0.221 e. The molecule has 0 radical (unpaired) electrons. The van der Waals surface area contributed by atoms with Crippen LogP contribution in [0.1, 0.15) is 25.0 Å². The Bertz CT molecular complexity index is 576. The van der Waals surface area contributed by atoms with Crippen LogP contribution >= 0.6 is 0 Å². The first-order valence-corrected chi connectivity index (χ1v) is 6.75. The monoisotopic (exact) mass is 269 g/mol. The highest BCUT2D eigenvalue weighted by Gasteiger charge is 1.99. The van der Waals surface area contributed by atoms with E-state index in [0.29, 0.717) is 6.61 Å². The van der Waals surface area contributed by atoms with Crippen LogP contribution in [0.2, 0.25) is 0 Å². The minimum Gasteiger partial charge on any atom is -0.489 e. The third-order valence-corrected chi connectivity index (χ3v) is 2.99. The van der Waals surface area contributed by atoms with Crippen molar-refractivity contribution >= 4 is 11.6 Å². The molecule has 0 aromatic heterocycles. The molecule has 104 valence electrons. The SMILES string of the molecule is CCc1cccc(OCc2ccc(NC(C)=O)cc2)c1. The van der Waals surface area contributed by atoms with Gasteiger partial charge in [-0.05, 0) is 41.8 Å². The molecule has 2 aromatic rings. The van der Waals surface area contributed by atoms with E-state index in [0.717, 1.165) is 23.4 Å². The highest BCUT2D eigenvalue weighted by Crippen LogP contribution is 2.16. The molecule has 3 heteroatoms. The minimum atomic E-state index is -0.0645. The van der Waals surface area contributed by atoms with Crippen LogP contribution < -0.4 is 10.1 Å². The molecule has 1 amide bonds. The molecule has 0 fully saturated rings. The van der Waals surface area contributed by atoms with Gasteiger partial charge in [0, 0.05) is 12.6 Å². The van der Waals surface area contributed by atoms with Gasteiger partial charge in [0.2, 0.25) is 5.91 Å². The first-order chi connectivity index (χ1) is 9.67. The maximum atomic E-state index is 10.9. The van der Waals surface area contributed by atoms with Gasteiger partial charge in [-0.2, -0.15) is 0 Å². The standard InChI is InChI=1S/C17H19NO2/c1-3-14-5-4-6-17(11-14)20-12-15-7-9-16(10-8-15)18-13(2)19/h4-11H,3,12H2,1-2H3,(H,18,19). The Balaban J connectivity index is 1.94. The van der Waals surface area contributed by atoms with Crippen LogP contribution in [0.4, 0.5) is 5.69 Å². The molecule has 2 aromatic carbocycles. The summed E-state index contributed by atoms with van der Waals surface area (Å²) in [6.07, 6.45) is 1.00. The molecule has 0 spiro atoms. The fraction of sp³-hybridized carbons (Fsp3) is 0.235. The molecule has 0 aliphatic carbocycles. The molecule has 0 unspecified atom stereocenters. The van der Waals surface area contributed by atoms with Crippen molar-refractivity contribution in [3.05, 3.63) is 59.7 Å². The third-order valence-electron chi connectivity index (χ3n) is 2.99. The van der Waals surface area contributed by atoms with Gasteiger partial charge in [-0.1, -0.05) is 31.2 Å². The predicted octanol–water partition coefficient (Wildman–Crippen LogP) is 3.79. The van der Waals surface area contributed by atoms with Crippen LogP contribution in [-0.4, -0.2) is 5.91 Å². The highest BCUT2D eigenvalue weighted by molar-refractivity contribution is 5.88. The van der Waals surface area contributed by atoms with E-state index in [-0.39, 0.29) is 5.91 Å². The lowest BCUT2D eigenvalue weighted by Crippen LogP contribution is -2.05. The molecule has 0 bridgehead atoms. The number of ether oxygens (including phenoxy) is 1. The number of aryl methyl sites for hydroxylation is 1. The van der Waals surface area contributed by atoms with Crippen LogP contribution in [0.3, 0.4) is 0 Å². The molecule has 0 atom stereocenters. The van der Waals surface area contributed by atoms with Gasteiger partial charge >= 0.3 is 0 Å². The molecule has 0 saturated carbocycles. The summed E-state index contributed by atoms with van der Waals surface area (Å²) in [4.78, 5) is 10.9. The molecule has 1 N–H and O–H groups in total. The Kier molecular flexibility index (Phi) is 4.77. The van der Waals surface area contributed by atoms with Crippen molar-refractivity contribution < 1.29 is 9.53 Å². The number of nitrogens with one attached hydrogen (secondary N) is 1. The number of anilines is 1. The van der Waals surface area contributed by atoms with E-state index in [1.807, 2.05) is 36.4 Å². The van der Waals surface area contributed by atoms with E-state index >= 15 is 0 Å². The number of benzene rings is 2. The van der Waals surface area contributed by atoms with Gasteiger partial charge < -0.3 is 10.1 Å². The topological polar surface area (TPSA) is 38.3 Å². The van der Waals surface area contributed by atoms with Crippen molar-refractivity contribution in [2.45, 2.75) is 26.9 Å². The Hall–Kier alpha value is -2.29. The molecule has 3 nitrogen and oxygen atoms in total. The summed E-state index contributed by atoms with van der Waals surface area (Å²) in [5.74, 6) is 0.820. The largest absolute Gasteiger partial charge is 0.489 e. The van der Waals surface area contributed by atoms with Crippen LogP contribution in [0.15, 0.2) is 48.5 Å². The lowest BCUT2D eigenvalue weighted by Gasteiger charge is -2.08. The van der Waals surface area contributed by atoms with Gasteiger partial charge in [0.15, 0.2) is 0 Å². The second kappa shape index (κ2) is 6.75. The normalized spacial score (nSPS) is 10.1. The molecule has 0 aliphatic rings. The summed E-state index contributed by atoms with van der Waals surface area (Å²) in [7, 11) is 0. The zero-order chi connectivity index (χ0) is 14.4. The zero-order valence-corrected chi connectivity index (χ0v) is 11.8.